The maximum atomic E-state index is 12.3. The normalized spacial score (nSPS) is 10.2. The third-order valence-electron chi connectivity index (χ3n) is 2.26. The summed E-state index contributed by atoms with van der Waals surface area (Å²) in [6, 6.07) is 15.1. The van der Waals surface area contributed by atoms with Crippen LogP contribution in [0.2, 0.25) is 0 Å². The van der Waals surface area contributed by atoms with E-state index in [-0.39, 0.29) is 27.8 Å². The predicted octanol–water partition coefficient (Wildman–Crippen LogP) is 4.81. The molecule has 0 atom stereocenters. The van der Waals surface area contributed by atoms with Crippen LogP contribution in [0.1, 0.15) is 13.0 Å². The van der Waals surface area contributed by atoms with Gasteiger partial charge >= 0.3 is 6.18 Å². The van der Waals surface area contributed by atoms with E-state index >= 15 is 0 Å². The zero-order chi connectivity index (χ0) is 11.6. The maximum absolute atomic E-state index is 12.3. The standard InChI is InChI=1S/C13H8F3.CH4.Pd/c14-13(15,16)12-8-6-11(7-9-12)10-4-2-1-3-5-10;;/h2-9H;1H4;/q-1;;. The molecule has 2 aromatic rings. The van der Waals surface area contributed by atoms with Crippen molar-refractivity contribution in [3.63, 3.8) is 0 Å². The van der Waals surface area contributed by atoms with Crippen LogP contribution in [0.3, 0.4) is 0 Å². The molecule has 0 heterocycles. The number of halogens is 3. The van der Waals surface area contributed by atoms with Crippen LogP contribution in [0.5, 0.6) is 0 Å². The molecule has 0 saturated carbocycles. The molecule has 0 bridgehead atoms. The summed E-state index contributed by atoms with van der Waals surface area (Å²) in [4.78, 5) is 0. The molecule has 100 valence electrons. The van der Waals surface area contributed by atoms with Crippen LogP contribution in [-0.2, 0) is 26.6 Å². The van der Waals surface area contributed by atoms with Crippen molar-refractivity contribution < 1.29 is 33.6 Å². The molecule has 0 unspecified atom stereocenters. The first kappa shape index (κ1) is 16.9. The Morgan fingerprint density at radius 2 is 1.22 bits per heavy atom. The zero-order valence-electron chi connectivity index (χ0n) is 8.57. The van der Waals surface area contributed by atoms with Gasteiger partial charge in [-0.15, -0.1) is 5.56 Å². The van der Waals surface area contributed by atoms with E-state index in [4.69, 9.17) is 0 Å². The first-order valence-electron chi connectivity index (χ1n) is 4.71. The molecule has 2 rings (SSSR count). The summed E-state index contributed by atoms with van der Waals surface area (Å²) in [5.74, 6) is 0. The van der Waals surface area contributed by atoms with Crippen LogP contribution >= 0.6 is 0 Å². The average molecular weight is 344 g/mol. The Labute approximate surface area is 119 Å². The molecule has 0 aromatic heterocycles. The van der Waals surface area contributed by atoms with Gasteiger partial charge in [0.05, 0.1) is 5.56 Å². The van der Waals surface area contributed by atoms with Crippen LogP contribution in [-0.4, -0.2) is 0 Å². The average Bonchev–Trinajstić information content (AvgIpc) is 2.29. The molecule has 0 radical (unpaired) electrons. The van der Waals surface area contributed by atoms with Gasteiger partial charge in [0.2, 0.25) is 0 Å². The molecular formula is C14H12F3Pd-. The van der Waals surface area contributed by atoms with E-state index < -0.39 is 11.7 Å². The van der Waals surface area contributed by atoms with Crippen molar-refractivity contribution in [2.75, 3.05) is 0 Å². The monoisotopic (exact) mass is 343 g/mol. The Morgan fingerprint density at radius 1 is 0.778 bits per heavy atom. The molecule has 2 aromatic carbocycles. The number of benzene rings is 2. The van der Waals surface area contributed by atoms with Gasteiger partial charge in [0, 0.05) is 20.4 Å². The fourth-order valence-electron chi connectivity index (χ4n) is 1.43. The summed E-state index contributed by atoms with van der Waals surface area (Å²) < 4.78 is 37.0. The summed E-state index contributed by atoms with van der Waals surface area (Å²) in [7, 11) is 0. The van der Waals surface area contributed by atoms with Gasteiger partial charge in [0.1, 0.15) is 0 Å². The van der Waals surface area contributed by atoms with Crippen LogP contribution in [0.15, 0.2) is 48.5 Å². The third-order valence-corrected chi connectivity index (χ3v) is 2.26. The number of alkyl halides is 3. The predicted molar refractivity (Wildman–Crippen MR) is 62.4 cm³/mol. The number of hydrogen-bond acceptors (Lipinski definition) is 0. The summed E-state index contributed by atoms with van der Waals surface area (Å²) in [5.41, 5.74) is 1.02. The van der Waals surface area contributed by atoms with E-state index in [2.05, 4.69) is 6.07 Å². The Hall–Kier alpha value is -1.11. The second kappa shape index (κ2) is 6.73. The topological polar surface area (TPSA) is 0 Å². The van der Waals surface area contributed by atoms with Crippen molar-refractivity contribution in [1.29, 1.82) is 0 Å². The fraction of sp³-hybridized carbons (Fsp3) is 0.143. The minimum absolute atomic E-state index is 0. The molecule has 0 fully saturated rings. The fourth-order valence-corrected chi connectivity index (χ4v) is 1.43. The summed E-state index contributed by atoms with van der Waals surface area (Å²) >= 11 is 0. The molecule has 18 heavy (non-hydrogen) atoms. The Kier molecular flexibility index (Phi) is 6.31. The Bertz CT molecular complexity index is 461. The molecule has 0 aliphatic carbocycles. The van der Waals surface area contributed by atoms with Gasteiger partial charge in [-0.05, 0) is 17.7 Å². The maximum Gasteiger partial charge on any atom is 0.416 e. The summed E-state index contributed by atoms with van der Waals surface area (Å²) in [6.45, 7) is 0. The second-order valence-corrected chi connectivity index (χ2v) is 3.36. The van der Waals surface area contributed by atoms with E-state index in [0.29, 0.717) is 0 Å². The Balaban J connectivity index is 0.00000144. The van der Waals surface area contributed by atoms with Crippen molar-refractivity contribution >= 4 is 0 Å². The molecule has 0 nitrogen and oxygen atoms in total. The first-order valence-corrected chi connectivity index (χ1v) is 4.71. The van der Waals surface area contributed by atoms with E-state index in [1.165, 1.54) is 12.1 Å². The molecule has 0 saturated heterocycles. The summed E-state index contributed by atoms with van der Waals surface area (Å²) in [6.07, 6.45) is -4.27. The third kappa shape index (κ3) is 3.97. The van der Waals surface area contributed by atoms with Crippen molar-refractivity contribution in [2.24, 2.45) is 0 Å². The molecule has 0 N–H and O–H groups in total. The minimum Gasteiger partial charge on any atom is -0.184 e. The first-order chi connectivity index (χ1) is 7.57. The SMILES string of the molecule is C.FC(F)(F)c1ccc(-c2cc[c-]cc2)cc1.[Pd]. The van der Waals surface area contributed by atoms with E-state index in [9.17, 15) is 13.2 Å². The van der Waals surface area contributed by atoms with E-state index in [0.717, 1.165) is 23.3 Å². The minimum atomic E-state index is -4.27. The van der Waals surface area contributed by atoms with Crippen LogP contribution in [0.4, 0.5) is 13.2 Å². The second-order valence-electron chi connectivity index (χ2n) is 3.36. The largest absolute Gasteiger partial charge is 0.416 e. The molecule has 0 aliphatic rings. The van der Waals surface area contributed by atoms with Crippen LogP contribution in [0.25, 0.3) is 11.1 Å². The number of rotatable bonds is 1. The quantitative estimate of drug-likeness (QED) is 0.515. The molecule has 4 heteroatoms. The molecule has 0 aliphatic heterocycles. The molecule has 0 amide bonds. The molecular weight excluding hydrogens is 332 g/mol. The van der Waals surface area contributed by atoms with E-state index in [1.54, 1.807) is 12.1 Å². The van der Waals surface area contributed by atoms with Gasteiger partial charge in [-0.1, -0.05) is 19.6 Å². The van der Waals surface area contributed by atoms with Crippen LogP contribution < -0.4 is 0 Å². The smallest absolute Gasteiger partial charge is 0.184 e. The van der Waals surface area contributed by atoms with Crippen molar-refractivity contribution in [1.82, 2.24) is 0 Å². The van der Waals surface area contributed by atoms with Gasteiger partial charge in [0.15, 0.2) is 0 Å². The summed E-state index contributed by atoms with van der Waals surface area (Å²) in [5, 5.41) is 0. The van der Waals surface area contributed by atoms with Crippen molar-refractivity contribution in [3.05, 3.63) is 60.2 Å². The van der Waals surface area contributed by atoms with Gasteiger partial charge in [-0.2, -0.15) is 43.5 Å². The molecule has 0 spiro atoms. The van der Waals surface area contributed by atoms with Gasteiger partial charge in [0.25, 0.3) is 0 Å². The van der Waals surface area contributed by atoms with Crippen LogP contribution in [0, 0.1) is 6.07 Å². The van der Waals surface area contributed by atoms with Gasteiger partial charge in [-0.25, -0.2) is 0 Å². The van der Waals surface area contributed by atoms with Gasteiger partial charge in [-0.3, -0.25) is 0 Å². The van der Waals surface area contributed by atoms with Gasteiger partial charge < -0.3 is 0 Å². The number of hydrogen-bond donors (Lipinski definition) is 0. The zero-order valence-corrected chi connectivity index (χ0v) is 10.1. The Morgan fingerprint density at radius 3 is 1.67 bits per heavy atom. The van der Waals surface area contributed by atoms with Crippen molar-refractivity contribution in [3.8, 4) is 11.1 Å². The van der Waals surface area contributed by atoms with Crippen molar-refractivity contribution in [2.45, 2.75) is 13.6 Å². The van der Waals surface area contributed by atoms with E-state index in [1.807, 2.05) is 12.1 Å².